The summed E-state index contributed by atoms with van der Waals surface area (Å²) in [5.74, 6) is 1.68. The van der Waals surface area contributed by atoms with Crippen molar-refractivity contribution in [1.29, 1.82) is 0 Å². The molecule has 32 heavy (non-hydrogen) atoms. The molecule has 0 saturated heterocycles. The summed E-state index contributed by atoms with van der Waals surface area (Å²) in [4.78, 5) is 13.9. The molecule has 0 heterocycles. The van der Waals surface area contributed by atoms with Crippen LogP contribution < -0.4 is 0 Å². The van der Waals surface area contributed by atoms with Crippen LogP contribution in [0.3, 0.4) is 0 Å². The van der Waals surface area contributed by atoms with Gasteiger partial charge >= 0.3 is 0 Å². The van der Waals surface area contributed by atoms with Gasteiger partial charge < -0.3 is 0 Å². The van der Waals surface area contributed by atoms with E-state index in [1.165, 1.54) is 64.2 Å². The van der Waals surface area contributed by atoms with E-state index in [2.05, 4.69) is 55.4 Å². The maximum absolute atomic E-state index is 13.9. The zero-order chi connectivity index (χ0) is 23.5. The molecular formula is C31H50O. The van der Waals surface area contributed by atoms with Crippen LogP contribution >= 0.6 is 0 Å². The van der Waals surface area contributed by atoms with Crippen molar-refractivity contribution in [3.05, 3.63) is 22.3 Å². The Morgan fingerprint density at radius 3 is 1.38 bits per heavy atom. The normalized spacial score (nSPS) is 38.9. The SMILES string of the molecule is CC1CC2=C(CCCC2)C(C)(C)C1(C)CC(=O)CC1(C)C(C)CC2=C(CCCC2)C1(C)C. The molecule has 0 bridgehead atoms. The van der Waals surface area contributed by atoms with Crippen molar-refractivity contribution >= 4 is 5.78 Å². The maximum Gasteiger partial charge on any atom is 0.134 e. The van der Waals surface area contributed by atoms with Crippen LogP contribution in [0.25, 0.3) is 0 Å². The number of ketones is 1. The van der Waals surface area contributed by atoms with Gasteiger partial charge in [-0.2, -0.15) is 0 Å². The Kier molecular flexibility index (Phi) is 6.17. The average molecular weight is 439 g/mol. The Balaban J connectivity index is 1.59. The molecule has 4 rings (SSSR count). The summed E-state index contributed by atoms with van der Waals surface area (Å²) in [6, 6.07) is 0. The summed E-state index contributed by atoms with van der Waals surface area (Å²) in [5.41, 5.74) is 7.29. The second kappa shape index (κ2) is 8.13. The molecule has 0 N–H and O–H groups in total. The number of Topliss-reactive ketones (excluding diaryl/α,β-unsaturated/α-hetero) is 1. The molecule has 4 unspecified atom stereocenters. The summed E-state index contributed by atoms with van der Waals surface area (Å²) in [6.07, 6.45) is 14.5. The lowest BCUT2D eigenvalue weighted by molar-refractivity contribution is -0.130. The Morgan fingerprint density at radius 1 is 0.656 bits per heavy atom. The van der Waals surface area contributed by atoms with E-state index in [-0.39, 0.29) is 21.7 Å². The molecule has 0 aromatic carbocycles. The van der Waals surface area contributed by atoms with E-state index in [1.54, 1.807) is 22.3 Å². The van der Waals surface area contributed by atoms with Crippen molar-refractivity contribution in [2.45, 2.75) is 132 Å². The van der Waals surface area contributed by atoms with Gasteiger partial charge in [-0.25, -0.2) is 0 Å². The molecule has 0 aliphatic heterocycles. The van der Waals surface area contributed by atoms with Crippen LogP contribution in [0, 0.1) is 33.5 Å². The molecule has 4 aliphatic carbocycles. The minimum atomic E-state index is 0.0634. The van der Waals surface area contributed by atoms with E-state index in [0.717, 1.165) is 12.8 Å². The van der Waals surface area contributed by atoms with E-state index in [4.69, 9.17) is 0 Å². The van der Waals surface area contributed by atoms with Crippen molar-refractivity contribution < 1.29 is 4.79 Å². The van der Waals surface area contributed by atoms with Gasteiger partial charge in [0.15, 0.2) is 0 Å². The number of carbonyl (C=O) groups excluding carboxylic acids is 1. The highest BCUT2D eigenvalue weighted by molar-refractivity contribution is 5.80. The first-order valence-corrected chi connectivity index (χ1v) is 13.8. The highest BCUT2D eigenvalue weighted by Gasteiger charge is 2.55. The van der Waals surface area contributed by atoms with Gasteiger partial charge in [0.05, 0.1) is 0 Å². The zero-order valence-electron chi connectivity index (χ0n) is 22.5. The lowest BCUT2D eigenvalue weighted by atomic mass is 9.47. The van der Waals surface area contributed by atoms with Crippen LogP contribution in [-0.2, 0) is 4.79 Å². The van der Waals surface area contributed by atoms with Crippen LogP contribution in [0.5, 0.6) is 0 Å². The molecule has 0 aromatic rings. The van der Waals surface area contributed by atoms with Crippen LogP contribution in [0.4, 0.5) is 0 Å². The summed E-state index contributed by atoms with van der Waals surface area (Å²) in [6.45, 7) is 19.6. The third-order valence-electron chi connectivity index (χ3n) is 11.9. The smallest absolute Gasteiger partial charge is 0.134 e. The van der Waals surface area contributed by atoms with Gasteiger partial charge in [-0.05, 0) is 97.7 Å². The van der Waals surface area contributed by atoms with Gasteiger partial charge in [-0.15, -0.1) is 0 Å². The fourth-order valence-corrected chi connectivity index (χ4v) is 8.68. The highest BCUT2D eigenvalue weighted by atomic mass is 16.1. The lowest BCUT2D eigenvalue weighted by Gasteiger charge is -2.57. The van der Waals surface area contributed by atoms with Crippen LogP contribution in [-0.4, -0.2) is 5.78 Å². The Bertz CT molecular complexity index is 769. The fourth-order valence-electron chi connectivity index (χ4n) is 8.68. The number of allylic oxidation sites excluding steroid dienone is 4. The lowest BCUT2D eigenvalue weighted by Crippen LogP contribution is -2.50. The maximum atomic E-state index is 13.9. The molecule has 1 nitrogen and oxygen atoms in total. The molecule has 0 amide bonds. The van der Waals surface area contributed by atoms with Crippen LogP contribution in [0.1, 0.15) is 132 Å². The zero-order valence-corrected chi connectivity index (χ0v) is 22.5. The molecule has 4 atom stereocenters. The third kappa shape index (κ3) is 3.51. The standard InChI is InChI=1S/C31H50O/c1-21-17-23-13-9-11-15-26(23)28(3,4)30(21,7)19-25(32)20-31(8)22(2)18-24-14-10-12-16-27(24)29(31,5)6/h21-22H,9-20H2,1-8H3. The minimum absolute atomic E-state index is 0.0634. The summed E-state index contributed by atoms with van der Waals surface area (Å²) in [5, 5.41) is 0. The molecule has 0 radical (unpaired) electrons. The van der Waals surface area contributed by atoms with Crippen LogP contribution in [0.2, 0.25) is 0 Å². The van der Waals surface area contributed by atoms with E-state index in [0.29, 0.717) is 17.6 Å². The average Bonchev–Trinajstić information content (AvgIpc) is 2.72. The quantitative estimate of drug-likeness (QED) is 0.400. The summed E-state index contributed by atoms with van der Waals surface area (Å²) >= 11 is 0. The molecule has 0 saturated carbocycles. The van der Waals surface area contributed by atoms with E-state index in [9.17, 15) is 4.79 Å². The van der Waals surface area contributed by atoms with Gasteiger partial charge in [-0.1, -0.05) is 77.7 Å². The first-order valence-electron chi connectivity index (χ1n) is 13.8. The summed E-state index contributed by atoms with van der Waals surface area (Å²) < 4.78 is 0. The van der Waals surface area contributed by atoms with Crippen molar-refractivity contribution in [2.24, 2.45) is 33.5 Å². The summed E-state index contributed by atoms with van der Waals surface area (Å²) in [7, 11) is 0. The van der Waals surface area contributed by atoms with E-state index >= 15 is 0 Å². The van der Waals surface area contributed by atoms with Gasteiger partial charge in [0.25, 0.3) is 0 Å². The van der Waals surface area contributed by atoms with Crippen molar-refractivity contribution in [3.63, 3.8) is 0 Å². The minimum Gasteiger partial charge on any atom is -0.300 e. The first-order chi connectivity index (χ1) is 14.8. The molecule has 0 fully saturated rings. The molecule has 180 valence electrons. The number of hydrogen-bond donors (Lipinski definition) is 0. The van der Waals surface area contributed by atoms with Crippen molar-refractivity contribution in [3.8, 4) is 0 Å². The van der Waals surface area contributed by atoms with Crippen molar-refractivity contribution in [2.75, 3.05) is 0 Å². The van der Waals surface area contributed by atoms with Crippen molar-refractivity contribution in [1.82, 2.24) is 0 Å². The van der Waals surface area contributed by atoms with Gasteiger partial charge in [0.1, 0.15) is 5.78 Å². The first kappa shape index (κ1) is 24.3. The molecule has 4 aliphatic rings. The predicted octanol–water partition coefficient (Wildman–Crippen LogP) is 9.22. The largest absolute Gasteiger partial charge is 0.300 e. The van der Waals surface area contributed by atoms with E-state index < -0.39 is 0 Å². The monoisotopic (exact) mass is 438 g/mol. The topological polar surface area (TPSA) is 17.1 Å². The van der Waals surface area contributed by atoms with Gasteiger partial charge in [-0.3, -0.25) is 4.79 Å². The third-order valence-corrected chi connectivity index (χ3v) is 11.9. The van der Waals surface area contributed by atoms with Crippen LogP contribution in [0.15, 0.2) is 22.3 Å². The molecular weight excluding hydrogens is 388 g/mol. The molecule has 1 heteroatoms. The number of carbonyl (C=O) groups is 1. The second-order valence-corrected chi connectivity index (χ2v) is 13.8. The number of rotatable bonds is 4. The van der Waals surface area contributed by atoms with Gasteiger partial charge in [0, 0.05) is 12.8 Å². The van der Waals surface area contributed by atoms with Gasteiger partial charge in [0.2, 0.25) is 0 Å². The Hall–Kier alpha value is -0.850. The highest BCUT2D eigenvalue weighted by Crippen LogP contribution is 2.63. The van der Waals surface area contributed by atoms with E-state index in [1.807, 2.05) is 0 Å². The molecule has 0 aromatic heterocycles. The number of hydrogen-bond acceptors (Lipinski definition) is 1. The Labute approximate surface area is 198 Å². The second-order valence-electron chi connectivity index (χ2n) is 13.8. The molecule has 0 spiro atoms. The fraction of sp³-hybridized carbons (Fsp3) is 0.839. The Morgan fingerprint density at radius 2 is 1.00 bits per heavy atom. The predicted molar refractivity (Wildman–Crippen MR) is 137 cm³/mol.